The van der Waals surface area contributed by atoms with E-state index in [-0.39, 0.29) is 69.1 Å². The van der Waals surface area contributed by atoms with Gasteiger partial charge in [-0.1, -0.05) is 203 Å². The number of carbonyl (C=O) groups is 14. The number of phenolic OH excluding ortho intramolecular Hbond substituents is 1. The molecule has 3 aromatic carbocycles. The zero-order valence-corrected chi connectivity index (χ0v) is 79.3. The first-order valence-corrected chi connectivity index (χ1v) is 47.5. The predicted octanol–water partition coefficient (Wildman–Crippen LogP) is 1.68. The fourth-order valence-electron chi connectivity index (χ4n) is 15.3. The number of unbranched alkanes of at least 4 members (excludes halogenated alkanes) is 14. The third-order valence-corrected chi connectivity index (χ3v) is 23.2. The molecule has 39 heteroatoms. The lowest BCUT2D eigenvalue weighted by Gasteiger charge is -2.30. The van der Waals surface area contributed by atoms with E-state index in [1.165, 1.54) is 106 Å². The number of aliphatic hydroxyl groups is 3. The van der Waals surface area contributed by atoms with Gasteiger partial charge < -0.3 is 118 Å². The molecule has 1 unspecified atom stereocenters. The number of carboxylic acid groups (broad SMARTS) is 1. The molecule has 13 atom stereocenters. The number of pyridine rings is 1. The summed E-state index contributed by atoms with van der Waals surface area (Å²) in [5.74, 6) is -10.6. The molecular formula is C96H152N20O19. The molecule has 750 valence electrons. The number of likely N-dealkylation sites (N-methyl/N-ethyl adjacent to an activating group) is 1. The number of amides is 13. The maximum atomic E-state index is 14.2. The van der Waals surface area contributed by atoms with Gasteiger partial charge in [0.15, 0.2) is 0 Å². The van der Waals surface area contributed by atoms with Crippen LogP contribution in [0.15, 0.2) is 116 Å². The number of primary amides is 1. The number of aromatic nitrogens is 1. The van der Waals surface area contributed by atoms with Crippen molar-refractivity contribution in [3.8, 4) is 5.75 Å². The van der Waals surface area contributed by atoms with Gasteiger partial charge in [-0.25, -0.2) is 0 Å². The first kappa shape index (κ1) is 116. The third kappa shape index (κ3) is 45.5. The highest BCUT2D eigenvalue weighted by Gasteiger charge is 2.41. The second kappa shape index (κ2) is 65.9. The van der Waals surface area contributed by atoms with Crippen LogP contribution in [0, 0.1) is 11.8 Å². The van der Waals surface area contributed by atoms with E-state index in [0.717, 1.165) is 36.8 Å². The highest BCUT2D eigenvalue weighted by atomic mass is 16.4. The lowest BCUT2D eigenvalue weighted by molar-refractivity contribution is -0.142. The summed E-state index contributed by atoms with van der Waals surface area (Å²) >= 11 is 0. The van der Waals surface area contributed by atoms with Crippen molar-refractivity contribution in [1.82, 2.24) is 79.0 Å². The summed E-state index contributed by atoms with van der Waals surface area (Å²) < 4.78 is 0. The fraction of sp³-hybridized carbons (Fsp3) is 0.594. The highest BCUT2D eigenvalue weighted by molar-refractivity contribution is 5.98. The number of aliphatic hydroxyl groups excluding tert-OH is 3. The minimum atomic E-state index is -1.86. The van der Waals surface area contributed by atoms with E-state index in [9.17, 15) is 92.7 Å². The Hall–Kier alpha value is -11.6. The second-order valence-corrected chi connectivity index (χ2v) is 34.6. The van der Waals surface area contributed by atoms with Crippen LogP contribution in [-0.4, -0.2) is 244 Å². The second-order valence-electron chi connectivity index (χ2n) is 34.6. The quantitative estimate of drug-likeness (QED) is 0.0221. The molecule has 4 aromatic rings. The van der Waals surface area contributed by atoms with Gasteiger partial charge in [0, 0.05) is 70.4 Å². The number of nitrogens with zero attached hydrogens (tertiary/aromatic N) is 2. The standard InChI is InChI=1S/C60H91N9O13.C36H61N11O6/c1-4-6-8-9-10-11-12-13-14-15-16-17-21-27-52(73)63-50(39-70)59(81)68-48(36-42-28-30-44(72)31-29-42)58(80)69-51(40-71)60(82)64-45(26-7-5-2)55(77)65-46(32-33-53(74)75)56(78)67-49(37-43-25-22-34-62-38-43)57(79)66-47(54(76)61-3)35-41-23-19-18-20-24-41;1-22(2)30(31(39)49)46-34(52)28-15-10-18-47(28)35(53)26(14-7-8-16-37)44-29(48)21-43-33(51)27(19-25(20-38)24-12-5-4-6-13-24)45-32(50)23(3)11-9-17-42-36(40)41/h18-20,22-25,28-31,34,38,45-51,60,64,70-72,82H,4-17,21,26-27,32-33,35-37,39-40H2,1-3H3,(H,61,76)(H,63,73)(H,65,77)(H,66,79)(H,67,78)(H,68,81)(H,69,80)(H,74,75);4-6,12-13,20,22-23,26-28,30,36,42H,7-11,14-19,21,37-38,40-41H2,1-3H3,(H2,39,49)(H,43,51)(H,44,48)(H,45,50)(H,46,52)/b;25-20-/t45-,46-,47+,48-,49+,50-,51-,60-;23-,26-,27-,28?,30-/m00/s1. The number of hydrogen-bond donors (Lipinski definition) is 23. The zero-order valence-electron chi connectivity index (χ0n) is 79.3. The Labute approximate surface area is 793 Å². The number of nitrogens with one attached hydrogen (secondary N) is 13. The van der Waals surface area contributed by atoms with Gasteiger partial charge in [0.1, 0.15) is 72.6 Å². The van der Waals surface area contributed by atoms with Crippen molar-refractivity contribution in [3.05, 3.63) is 138 Å². The zero-order chi connectivity index (χ0) is 99.6. The molecule has 2 heterocycles. The van der Waals surface area contributed by atoms with Gasteiger partial charge in [0.05, 0.1) is 31.8 Å². The first-order valence-electron chi connectivity index (χ1n) is 47.5. The Morgan fingerprint density at radius 3 is 1.59 bits per heavy atom. The maximum absolute atomic E-state index is 14.2. The molecule has 39 nitrogen and oxygen atoms in total. The molecule has 0 radical (unpaired) electrons. The van der Waals surface area contributed by atoms with Crippen molar-refractivity contribution < 1.29 is 92.7 Å². The molecule has 1 aromatic heterocycles. The number of likely N-dealkylation sites (tertiary alicyclic amines) is 1. The largest absolute Gasteiger partial charge is 0.508 e. The van der Waals surface area contributed by atoms with E-state index in [2.05, 4.69) is 81.0 Å². The topological polar surface area (TPSA) is 643 Å². The molecule has 0 aliphatic carbocycles. The molecule has 0 bridgehead atoms. The summed E-state index contributed by atoms with van der Waals surface area (Å²) in [7, 11) is 1.41. The summed E-state index contributed by atoms with van der Waals surface area (Å²) in [6.45, 7) is 8.31. The lowest BCUT2D eigenvalue weighted by atomic mass is 9.97. The number of hydrogen-bond acceptors (Lipinski definition) is 25. The highest BCUT2D eigenvalue weighted by Crippen LogP contribution is 2.24. The molecule has 0 saturated carbocycles. The molecule has 1 aliphatic heterocycles. The minimum absolute atomic E-state index is 0.0419. The monoisotopic (exact) mass is 1890 g/mol. The first-order chi connectivity index (χ1) is 64.7. The van der Waals surface area contributed by atoms with Gasteiger partial charge in [-0.05, 0) is 135 Å². The molecule has 1 aliphatic rings. The molecule has 28 N–H and O–H groups in total. The molecule has 0 spiro atoms. The Balaban J connectivity index is 0.000000619. The van der Waals surface area contributed by atoms with Gasteiger partial charge in [0.2, 0.25) is 76.8 Å². The molecular weight excluding hydrogens is 1740 g/mol. The van der Waals surface area contributed by atoms with Gasteiger partial charge in [-0.2, -0.15) is 0 Å². The van der Waals surface area contributed by atoms with Crippen LogP contribution in [0.2, 0.25) is 0 Å². The summed E-state index contributed by atoms with van der Waals surface area (Å²) in [5, 5.41) is 86.3. The Kier molecular flexibility index (Phi) is 56.5. The van der Waals surface area contributed by atoms with E-state index in [0.29, 0.717) is 87.6 Å². The van der Waals surface area contributed by atoms with Crippen LogP contribution in [0.4, 0.5) is 0 Å². The maximum Gasteiger partial charge on any atom is 0.303 e. The molecule has 1 saturated heterocycles. The fourth-order valence-corrected chi connectivity index (χ4v) is 15.3. The summed E-state index contributed by atoms with van der Waals surface area (Å²) in [5.41, 5.74) is 31.3. The van der Waals surface area contributed by atoms with E-state index in [1.807, 2.05) is 37.3 Å². The number of carbonyl (C=O) groups excluding carboxylic acids is 13. The van der Waals surface area contributed by atoms with Crippen LogP contribution < -0.4 is 97.8 Å². The van der Waals surface area contributed by atoms with E-state index in [4.69, 9.17) is 28.7 Å². The predicted molar refractivity (Wildman–Crippen MR) is 512 cm³/mol. The molecule has 1 fully saturated rings. The third-order valence-electron chi connectivity index (χ3n) is 23.2. The van der Waals surface area contributed by atoms with Crippen LogP contribution in [0.3, 0.4) is 0 Å². The van der Waals surface area contributed by atoms with E-state index in [1.54, 1.807) is 63.2 Å². The van der Waals surface area contributed by atoms with Crippen molar-refractivity contribution in [2.75, 3.05) is 46.4 Å². The Morgan fingerprint density at radius 2 is 1.04 bits per heavy atom. The number of aliphatic carboxylic acids is 1. The number of rotatable bonds is 66. The number of carboxylic acids is 1. The summed E-state index contributed by atoms with van der Waals surface area (Å²) in [6, 6.07) is 13.6. The average Bonchev–Trinajstić information content (AvgIpc) is 1.71. The van der Waals surface area contributed by atoms with Crippen molar-refractivity contribution in [2.45, 2.75) is 306 Å². The van der Waals surface area contributed by atoms with Crippen molar-refractivity contribution >= 4 is 88.3 Å². The van der Waals surface area contributed by atoms with Gasteiger partial charge in [0.25, 0.3) is 0 Å². The van der Waals surface area contributed by atoms with Crippen molar-refractivity contribution in [2.24, 2.45) is 40.5 Å². The number of nitrogens with two attached hydrogens (primary N) is 5. The van der Waals surface area contributed by atoms with E-state index >= 15 is 0 Å². The van der Waals surface area contributed by atoms with Crippen LogP contribution in [-0.2, 0) is 86.4 Å². The van der Waals surface area contributed by atoms with E-state index < -0.39 is 194 Å². The van der Waals surface area contributed by atoms with Gasteiger partial charge >= 0.3 is 5.97 Å². The number of benzene rings is 3. The van der Waals surface area contributed by atoms with Crippen LogP contribution >= 0.6 is 0 Å². The van der Waals surface area contributed by atoms with Crippen LogP contribution in [0.25, 0.3) is 5.57 Å². The molecule has 13 amide bonds. The summed E-state index contributed by atoms with van der Waals surface area (Å²) in [4.78, 5) is 193. The number of phenols is 1. The van der Waals surface area contributed by atoms with Gasteiger partial charge in [-0.3, -0.25) is 82.7 Å². The summed E-state index contributed by atoms with van der Waals surface area (Å²) in [6.07, 6.45) is 19.9. The van der Waals surface area contributed by atoms with Crippen molar-refractivity contribution in [1.29, 1.82) is 0 Å². The number of aromatic hydroxyl groups is 1. The van der Waals surface area contributed by atoms with Gasteiger partial charge in [-0.15, -0.1) is 0 Å². The Bertz CT molecular complexity index is 4280. The molecule has 135 heavy (non-hydrogen) atoms. The normalized spacial score (nSPS) is 15.1. The Morgan fingerprint density at radius 1 is 0.519 bits per heavy atom. The van der Waals surface area contributed by atoms with Crippen LogP contribution in [0.5, 0.6) is 5.75 Å². The van der Waals surface area contributed by atoms with Crippen molar-refractivity contribution in [3.63, 3.8) is 0 Å². The van der Waals surface area contributed by atoms with Crippen LogP contribution in [0.1, 0.15) is 230 Å². The molecule has 5 rings (SSSR count). The lowest BCUT2D eigenvalue weighted by Crippen LogP contribution is -2.62. The SMILES string of the molecule is CC(C)[C@H](NC(=O)C1CCCN1C(=O)[C@H](CCCCN)NC(=O)CNC(=O)[C@H](C/C(=C/N)c1ccccc1)NC(=O)[C@@H](C)CCCNC(N)N)C(N)=O.CCCCCCCCCCCCCCCC(=O)N[C@@H](CO)C(=O)N[C@@H](Cc1ccc(O)cc1)C(=O)N[C@@H](CO)[C@H](O)N[C@@H](CCCC)C(=O)N[C@@H](CCC(=O)O)C(=O)N[C@H](Cc1cccnc1)C(=O)N[C@H](Cc1ccccc1)C(=O)NC. The average molecular weight is 1890 g/mol. The minimum Gasteiger partial charge on any atom is -0.508 e. The smallest absolute Gasteiger partial charge is 0.303 e.